The number of carbonyl (C=O) groups excluding carboxylic acids is 4. The Morgan fingerprint density at radius 2 is 1.61 bits per heavy atom. The van der Waals surface area contributed by atoms with Crippen LogP contribution in [0.1, 0.15) is 53.5 Å². The number of esters is 3. The normalized spacial score (nSPS) is 12.1. The van der Waals surface area contributed by atoms with Crippen molar-refractivity contribution in [1.29, 1.82) is 0 Å². The molecule has 0 aromatic heterocycles. The molecule has 0 fully saturated rings. The van der Waals surface area contributed by atoms with E-state index in [0.717, 1.165) is 5.56 Å². The molecular formula is C26H30O10. The summed E-state index contributed by atoms with van der Waals surface area (Å²) in [6.07, 6.45) is -0.658. The highest BCUT2D eigenvalue weighted by Crippen LogP contribution is 2.29. The second kappa shape index (κ2) is 14.5. The van der Waals surface area contributed by atoms with Gasteiger partial charge < -0.3 is 28.4 Å². The van der Waals surface area contributed by atoms with Crippen LogP contribution >= 0.6 is 0 Å². The van der Waals surface area contributed by atoms with Crippen LogP contribution in [0.4, 0.5) is 0 Å². The predicted molar refractivity (Wildman–Crippen MR) is 127 cm³/mol. The summed E-state index contributed by atoms with van der Waals surface area (Å²) in [5, 5.41) is 0. The minimum Gasteiger partial charge on any atom is -0.488 e. The molecular weight excluding hydrogens is 472 g/mol. The van der Waals surface area contributed by atoms with Crippen molar-refractivity contribution in [3.05, 3.63) is 59.2 Å². The van der Waals surface area contributed by atoms with Gasteiger partial charge in [0.15, 0.2) is 6.29 Å². The number of benzene rings is 2. The molecule has 0 N–H and O–H groups in total. The van der Waals surface area contributed by atoms with Gasteiger partial charge in [-0.15, -0.1) is 0 Å². The van der Waals surface area contributed by atoms with Gasteiger partial charge in [-0.25, -0.2) is 4.79 Å². The first-order chi connectivity index (χ1) is 17.2. The van der Waals surface area contributed by atoms with Crippen LogP contribution in [0.3, 0.4) is 0 Å². The number of ether oxygens (including phenoxy) is 6. The number of methoxy groups -OCH3 is 1. The molecule has 0 heterocycles. The van der Waals surface area contributed by atoms with Crippen molar-refractivity contribution in [2.24, 2.45) is 0 Å². The Kier molecular flexibility index (Phi) is 11.4. The summed E-state index contributed by atoms with van der Waals surface area (Å²) < 4.78 is 32.2. The van der Waals surface area contributed by atoms with Crippen molar-refractivity contribution in [1.82, 2.24) is 0 Å². The number of hydrogen-bond acceptors (Lipinski definition) is 10. The molecule has 0 unspecified atom stereocenters. The SMILES string of the molecule is COC(=O)c1ccc(COc2cccc(O[C@@H](CCOC(C)=O)O[C@@H](C)COC(C)=O)c2C=O)cc1. The molecule has 2 atom stereocenters. The minimum atomic E-state index is -0.908. The molecule has 10 heteroatoms. The summed E-state index contributed by atoms with van der Waals surface area (Å²) in [4.78, 5) is 45.7. The summed E-state index contributed by atoms with van der Waals surface area (Å²) in [7, 11) is 1.31. The molecule has 0 aliphatic heterocycles. The van der Waals surface area contributed by atoms with Crippen LogP contribution in [0.25, 0.3) is 0 Å². The maximum absolute atomic E-state index is 11.9. The third-order valence-corrected chi connectivity index (χ3v) is 4.74. The zero-order chi connectivity index (χ0) is 26.5. The standard InChI is InChI=1S/C26H30O10/c1-17(15-33-19(3)29)35-25(12-13-32-18(2)28)36-24-7-5-6-23(22(24)14-27)34-16-20-8-10-21(11-9-20)26(30)31-4/h5-11,14,17,25H,12-13,15-16H2,1-4H3/t17-,25-/m0/s1. The summed E-state index contributed by atoms with van der Waals surface area (Å²) in [6.45, 7) is 4.43. The molecule has 0 saturated carbocycles. The van der Waals surface area contributed by atoms with Gasteiger partial charge in [0.1, 0.15) is 24.7 Å². The monoisotopic (exact) mass is 502 g/mol. The van der Waals surface area contributed by atoms with Gasteiger partial charge in [0, 0.05) is 20.3 Å². The molecule has 0 amide bonds. The van der Waals surface area contributed by atoms with Crippen LogP contribution in [0.5, 0.6) is 11.5 Å². The third-order valence-electron chi connectivity index (χ3n) is 4.74. The van der Waals surface area contributed by atoms with Crippen LogP contribution in [-0.2, 0) is 35.1 Å². The fourth-order valence-electron chi connectivity index (χ4n) is 3.01. The third kappa shape index (κ3) is 9.38. The zero-order valence-corrected chi connectivity index (χ0v) is 20.7. The van der Waals surface area contributed by atoms with Gasteiger partial charge in [0.25, 0.3) is 0 Å². The number of aldehydes is 1. The van der Waals surface area contributed by atoms with E-state index >= 15 is 0 Å². The Bertz CT molecular complexity index is 1030. The van der Waals surface area contributed by atoms with E-state index in [9.17, 15) is 19.2 Å². The van der Waals surface area contributed by atoms with E-state index in [2.05, 4.69) is 4.74 Å². The molecule has 194 valence electrons. The van der Waals surface area contributed by atoms with Crippen LogP contribution < -0.4 is 9.47 Å². The second-order valence-corrected chi connectivity index (χ2v) is 7.69. The lowest BCUT2D eigenvalue weighted by atomic mass is 10.1. The average Bonchev–Trinajstić information content (AvgIpc) is 2.85. The van der Waals surface area contributed by atoms with Gasteiger partial charge in [0.2, 0.25) is 6.29 Å². The van der Waals surface area contributed by atoms with E-state index in [1.165, 1.54) is 21.0 Å². The average molecular weight is 503 g/mol. The molecule has 2 rings (SSSR count). The molecule has 0 aliphatic rings. The largest absolute Gasteiger partial charge is 0.488 e. The molecule has 0 aliphatic carbocycles. The van der Waals surface area contributed by atoms with E-state index in [4.69, 9.17) is 23.7 Å². The quantitative estimate of drug-likeness (QED) is 0.164. The first-order valence-electron chi connectivity index (χ1n) is 11.2. The topological polar surface area (TPSA) is 124 Å². The first kappa shape index (κ1) is 28.3. The molecule has 0 radical (unpaired) electrons. The van der Waals surface area contributed by atoms with Crippen LogP contribution in [0, 0.1) is 0 Å². The van der Waals surface area contributed by atoms with Crippen molar-refractivity contribution < 1.29 is 47.6 Å². The van der Waals surface area contributed by atoms with Gasteiger partial charge in [-0.3, -0.25) is 14.4 Å². The van der Waals surface area contributed by atoms with Crippen molar-refractivity contribution in [2.45, 2.75) is 46.2 Å². The minimum absolute atomic E-state index is 0.00121. The fraction of sp³-hybridized carbons (Fsp3) is 0.385. The lowest BCUT2D eigenvalue weighted by Crippen LogP contribution is -2.30. The van der Waals surface area contributed by atoms with Gasteiger partial charge in [-0.1, -0.05) is 18.2 Å². The van der Waals surface area contributed by atoms with E-state index in [1.54, 1.807) is 49.4 Å². The Morgan fingerprint density at radius 3 is 2.22 bits per heavy atom. The molecule has 2 aromatic carbocycles. The first-order valence-corrected chi connectivity index (χ1v) is 11.2. The van der Waals surface area contributed by atoms with Crippen molar-refractivity contribution in [3.8, 4) is 11.5 Å². The summed E-state index contributed by atoms with van der Waals surface area (Å²) in [6, 6.07) is 11.5. The van der Waals surface area contributed by atoms with Crippen LogP contribution in [-0.4, -0.2) is 56.9 Å². The van der Waals surface area contributed by atoms with Crippen molar-refractivity contribution in [3.63, 3.8) is 0 Å². The molecule has 0 spiro atoms. The van der Waals surface area contributed by atoms with Crippen molar-refractivity contribution in [2.75, 3.05) is 20.3 Å². The van der Waals surface area contributed by atoms with Crippen molar-refractivity contribution >= 4 is 24.2 Å². The van der Waals surface area contributed by atoms with E-state index in [1.807, 2.05) is 0 Å². The van der Waals surface area contributed by atoms with Gasteiger partial charge in [0.05, 0.1) is 30.9 Å². The number of hydrogen-bond donors (Lipinski definition) is 0. The Balaban J connectivity index is 2.13. The summed E-state index contributed by atoms with van der Waals surface area (Å²) in [5.41, 5.74) is 1.35. The lowest BCUT2D eigenvalue weighted by molar-refractivity contribution is -0.162. The van der Waals surface area contributed by atoms with Gasteiger partial charge >= 0.3 is 17.9 Å². The molecule has 0 saturated heterocycles. The lowest BCUT2D eigenvalue weighted by Gasteiger charge is -2.24. The molecule has 36 heavy (non-hydrogen) atoms. The molecule has 10 nitrogen and oxygen atoms in total. The summed E-state index contributed by atoms with van der Waals surface area (Å²) >= 11 is 0. The highest BCUT2D eigenvalue weighted by atomic mass is 16.7. The summed E-state index contributed by atoms with van der Waals surface area (Å²) in [5.74, 6) is -0.855. The Hall–Kier alpha value is -3.92. The number of carbonyl (C=O) groups is 4. The highest BCUT2D eigenvalue weighted by Gasteiger charge is 2.20. The van der Waals surface area contributed by atoms with E-state index < -0.39 is 30.3 Å². The van der Waals surface area contributed by atoms with Gasteiger partial charge in [-0.2, -0.15) is 0 Å². The second-order valence-electron chi connectivity index (χ2n) is 7.69. The molecule has 2 aromatic rings. The number of rotatable bonds is 14. The van der Waals surface area contributed by atoms with Gasteiger partial charge in [-0.05, 0) is 36.8 Å². The fourth-order valence-corrected chi connectivity index (χ4v) is 3.01. The van der Waals surface area contributed by atoms with Crippen LogP contribution in [0.2, 0.25) is 0 Å². The zero-order valence-electron chi connectivity index (χ0n) is 20.7. The smallest absolute Gasteiger partial charge is 0.337 e. The highest BCUT2D eigenvalue weighted by molar-refractivity contribution is 5.89. The van der Waals surface area contributed by atoms with E-state index in [-0.39, 0.29) is 43.3 Å². The van der Waals surface area contributed by atoms with Crippen LogP contribution in [0.15, 0.2) is 42.5 Å². The maximum Gasteiger partial charge on any atom is 0.337 e. The molecule has 0 bridgehead atoms. The maximum atomic E-state index is 11.9. The van der Waals surface area contributed by atoms with E-state index in [0.29, 0.717) is 11.8 Å². The Morgan fingerprint density at radius 1 is 0.944 bits per heavy atom. The predicted octanol–water partition coefficient (Wildman–Crippen LogP) is 3.49. The Labute approximate surface area is 209 Å².